The summed E-state index contributed by atoms with van der Waals surface area (Å²) in [6.45, 7) is 0. The van der Waals surface area contributed by atoms with E-state index in [1.807, 2.05) is 4.72 Å². The van der Waals surface area contributed by atoms with E-state index in [1.54, 1.807) is 0 Å². The fourth-order valence-corrected chi connectivity index (χ4v) is 1.54. The van der Waals surface area contributed by atoms with Gasteiger partial charge in [-0.1, -0.05) is 11.6 Å². The number of carboxylic acid groups (broad SMARTS) is 1. The predicted octanol–water partition coefficient (Wildman–Crippen LogP) is 1.12. The van der Waals surface area contributed by atoms with Crippen molar-refractivity contribution in [2.45, 2.75) is 0 Å². The van der Waals surface area contributed by atoms with E-state index < -0.39 is 28.2 Å². The van der Waals surface area contributed by atoms with Crippen LogP contribution in [0.1, 0.15) is 10.4 Å². The number of halogens is 2. The predicted molar refractivity (Wildman–Crippen MR) is 52.3 cm³/mol. The zero-order valence-corrected chi connectivity index (χ0v) is 8.68. The Morgan fingerprint density at radius 2 is 2.07 bits per heavy atom. The smallest absolute Gasteiger partial charge is 0.338 e. The molecule has 0 aliphatic heterocycles. The summed E-state index contributed by atoms with van der Waals surface area (Å²) in [6.07, 6.45) is 0. The van der Waals surface area contributed by atoms with Crippen molar-refractivity contribution in [1.29, 1.82) is 0 Å². The van der Waals surface area contributed by atoms with Crippen LogP contribution in [0.4, 0.5) is 10.1 Å². The van der Waals surface area contributed by atoms with Gasteiger partial charge in [0.1, 0.15) is 5.82 Å². The number of anilines is 1. The molecule has 5 nitrogen and oxygen atoms in total. The topological polar surface area (TPSA) is 83.5 Å². The highest BCUT2D eigenvalue weighted by atomic mass is 35.5. The van der Waals surface area contributed by atoms with Crippen LogP contribution in [0, 0.1) is 5.82 Å². The van der Waals surface area contributed by atoms with Gasteiger partial charge in [0, 0.05) is 0 Å². The Hall–Kier alpha value is -1.34. The van der Waals surface area contributed by atoms with Gasteiger partial charge in [0.15, 0.2) is 0 Å². The molecule has 0 aliphatic rings. The molecule has 0 saturated heterocycles. The Bertz CT molecular complexity index is 480. The molecule has 8 heteroatoms. The molecular weight excluding hydrogens is 249 g/mol. The molecule has 82 valence electrons. The number of rotatable bonds is 3. The molecule has 0 heterocycles. The maximum atomic E-state index is 13.0. The van der Waals surface area contributed by atoms with Crippen molar-refractivity contribution in [2.75, 3.05) is 4.72 Å². The molecule has 0 aliphatic carbocycles. The van der Waals surface area contributed by atoms with Crippen molar-refractivity contribution in [1.82, 2.24) is 0 Å². The van der Waals surface area contributed by atoms with Crippen LogP contribution in [0.2, 0.25) is 5.02 Å². The van der Waals surface area contributed by atoms with Crippen LogP contribution in [0.3, 0.4) is 0 Å². The summed E-state index contributed by atoms with van der Waals surface area (Å²) >= 11 is 5.49. The maximum absolute atomic E-state index is 13.0. The summed E-state index contributed by atoms with van der Waals surface area (Å²) in [5.41, 5.74) is -0.828. The number of carboxylic acids is 1. The molecular formula is C7H5ClFNO4S. The van der Waals surface area contributed by atoms with Crippen molar-refractivity contribution in [3.05, 3.63) is 28.5 Å². The van der Waals surface area contributed by atoms with Crippen molar-refractivity contribution < 1.29 is 22.7 Å². The second-order valence-corrected chi connectivity index (χ2v) is 3.63. The summed E-state index contributed by atoms with van der Waals surface area (Å²) in [4.78, 5) is 10.5. The monoisotopic (exact) mass is 253 g/mol. The number of thiol groups is 1. The first-order valence-electron chi connectivity index (χ1n) is 3.55. The van der Waals surface area contributed by atoms with Crippen LogP contribution < -0.4 is 4.72 Å². The zero-order valence-electron chi connectivity index (χ0n) is 7.03. The average molecular weight is 254 g/mol. The molecule has 0 fully saturated rings. The lowest BCUT2D eigenvalue weighted by atomic mass is 10.2. The SMILES string of the molecule is O=C(O)c1cc(N[SH](=O)=O)c(Cl)cc1F. The Kier molecular flexibility index (Phi) is 3.48. The van der Waals surface area contributed by atoms with Gasteiger partial charge in [-0.2, -0.15) is 0 Å². The third kappa shape index (κ3) is 2.80. The van der Waals surface area contributed by atoms with Crippen molar-refractivity contribution in [3.63, 3.8) is 0 Å². The molecule has 0 atom stereocenters. The van der Waals surface area contributed by atoms with Crippen LogP contribution in [0.25, 0.3) is 0 Å². The minimum Gasteiger partial charge on any atom is -0.478 e. The van der Waals surface area contributed by atoms with Gasteiger partial charge in [0.25, 0.3) is 0 Å². The largest absolute Gasteiger partial charge is 0.478 e. The Morgan fingerprint density at radius 3 is 2.53 bits per heavy atom. The van der Waals surface area contributed by atoms with Crippen LogP contribution in [0.15, 0.2) is 12.1 Å². The minimum atomic E-state index is -2.98. The molecule has 0 aromatic heterocycles. The molecule has 0 spiro atoms. The van der Waals surface area contributed by atoms with Gasteiger partial charge < -0.3 is 5.11 Å². The fourth-order valence-electron chi connectivity index (χ4n) is 0.897. The van der Waals surface area contributed by atoms with Gasteiger partial charge in [0.05, 0.1) is 16.3 Å². The number of hydrogen-bond donors (Lipinski definition) is 3. The van der Waals surface area contributed by atoms with Crippen LogP contribution >= 0.6 is 11.6 Å². The summed E-state index contributed by atoms with van der Waals surface area (Å²) in [7, 11) is -2.98. The Labute approximate surface area is 90.6 Å². The maximum Gasteiger partial charge on any atom is 0.338 e. The fraction of sp³-hybridized carbons (Fsp3) is 0. The molecule has 15 heavy (non-hydrogen) atoms. The molecule has 1 aromatic carbocycles. The number of benzene rings is 1. The second-order valence-electron chi connectivity index (χ2n) is 2.49. The normalized spacial score (nSPS) is 10.3. The van der Waals surface area contributed by atoms with Crippen LogP contribution in [-0.4, -0.2) is 19.5 Å². The van der Waals surface area contributed by atoms with Crippen molar-refractivity contribution in [2.24, 2.45) is 0 Å². The van der Waals surface area contributed by atoms with E-state index in [4.69, 9.17) is 16.7 Å². The van der Waals surface area contributed by atoms with E-state index in [-0.39, 0.29) is 10.7 Å². The average Bonchev–Trinajstić information content (AvgIpc) is 2.08. The van der Waals surface area contributed by atoms with Crippen LogP contribution in [-0.2, 0) is 10.9 Å². The van der Waals surface area contributed by atoms with E-state index >= 15 is 0 Å². The molecule has 0 bridgehead atoms. The van der Waals surface area contributed by atoms with E-state index in [0.717, 1.165) is 12.1 Å². The Morgan fingerprint density at radius 1 is 1.47 bits per heavy atom. The summed E-state index contributed by atoms with van der Waals surface area (Å²) in [5.74, 6) is -2.53. The molecule has 1 aromatic rings. The lowest BCUT2D eigenvalue weighted by Crippen LogP contribution is -2.04. The first kappa shape index (κ1) is 11.7. The van der Waals surface area contributed by atoms with E-state index in [0.29, 0.717) is 0 Å². The number of hydrogen-bond acceptors (Lipinski definition) is 3. The lowest BCUT2D eigenvalue weighted by molar-refractivity contribution is 0.0692. The Balaban J connectivity index is 3.29. The summed E-state index contributed by atoms with van der Waals surface area (Å²) in [6, 6.07) is 1.54. The standard InChI is InChI=1S/C7H5ClFNO4S/c8-4-2-5(9)3(7(11)12)1-6(4)10-15(13)14/h1-2,15H,(H,11,12)(H,10,13,14). The third-order valence-electron chi connectivity index (χ3n) is 1.50. The second kappa shape index (κ2) is 4.45. The molecule has 0 amide bonds. The van der Waals surface area contributed by atoms with E-state index in [9.17, 15) is 17.6 Å². The molecule has 0 saturated carbocycles. The van der Waals surface area contributed by atoms with Gasteiger partial charge >= 0.3 is 5.97 Å². The van der Waals surface area contributed by atoms with Gasteiger partial charge in [0.2, 0.25) is 10.9 Å². The van der Waals surface area contributed by atoms with Crippen molar-refractivity contribution >= 4 is 34.1 Å². The summed E-state index contributed by atoms with van der Waals surface area (Å²) in [5, 5.41) is 8.34. The summed E-state index contributed by atoms with van der Waals surface area (Å²) < 4.78 is 35.5. The number of nitrogens with one attached hydrogen (secondary N) is 1. The number of carbonyl (C=O) groups is 1. The van der Waals surface area contributed by atoms with Gasteiger partial charge in [-0.05, 0) is 12.1 Å². The van der Waals surface area contributed by atoms with Crippen molar-refractivity contribution in [3.8, 4) is 0 Å². The van der Waals surface area contributed by atoms with Gasteiger partial charge in [-0.25, -0.2) is 17.6 Å². The molecule has 2 N–H and O–H groups in total. The highest BCUT2D eigenvalue weighted by Gasteiger charge is 2.14. The van der Waals surface area contributed by atoms with Gasteiger partial charge in [-0.15, -0.1) is 0 Å². The highest BCUT2D eigenvalue weighted by molar-refractivity contribution is 7.73. The quantitative estimate of drug-likeness (QED) is 0.705. The van der Waals surface area contributed by atoms with Crippen LogP contribution in [0.5, 0.6) is 0 Å². The molecule has 0 unspecified atom stereocenters. The zero-order chi connectivity index (χ0) is 11.6. The van der Waals surface area contributed by atoms with E-state index in [1.165, 1.54) is 0 Å². The molecule has 1 rings (SSSR count). The van der Waals surface area contributed by atoms with Gasteiger partial charge in [-0.3, -0.25) is 4.72 Å². The minimum absolute atomic E-state index is 0.174. The highest BCUT2D eigenvalue weighted by Crippen LogP contribution is 2.25. The number of aromatic carboxylic acids is 1. The lowest BCUT2D eigenvalue weighted by Gasteiger charge is -2.04. The molecule has 0 radical (unpaired) electrons. The first-order valence-corrected chi connectivity index (χ1v) is 5.10. The first-order chi connectivity index (χ1) is 6.91. The third-order valence-corrected chi connectivity index (χ3v) is 2.24. The van der Waals surface area contributed by atoms with E-state index in [2.05, 4.69) is 0 Å².